The maximum atomic E-state index is 13.7. The van der Waals surface area contributed by atoms with Crippen LogP contribution in [0.3, 0.4) is 0 Å². The van der Waals surface area contributed by atoms with E-state index in [-0.39, 0.29) is 12.4 Å². The van der Waals surface area contributed by atoms with Gasteiger partial charge in [-0.1, -0.05) is 30.3 Å². The number of hydrogen-bond acceptors (Lipinski definition) is 4. The Morgan fingerprint density at radius 1 is 1.25 bits per heavy atom. The van der Waals surface area contributed by atoms with Gasteiger partial charge >= 0.3 is 0 Å². The second-order valence-electron chi connectivity index (χ2n) is 5.05. The average Bonchev–Trinajstić information content (AvgIpc) is 2.91. The summed E-state index contributed by atoms with van der Waals surface area (Å²) in [6.07, 6.45) is 1.63. The SMILES string of the molecule is Cc1n[nH]c(=S)n1/N=C/c1ccccc1OCc1ccccc1F. The summed E-state index contributed by atoms with van der Waals surface area (Å²) in [6, 6.07) is 13.9. The second kappa shape index (κ2) is 7.18. The van der Waals surface area contributed by atoms with Crippen molar-refractivity contribution in [3.8, 4) is 5.75 Å². The second-order valence-corrected chi connectivity index (χ2v) is 5.44. The van der Waals surface area contributed by atoms with E-state index in [1.54, 1.807) is 31.3 Å². The van der Waals surface area contributed by atoms with Crippen molar-refractivity contribution in [2.24, 2.45) is 5.10 Å². The molecule has 0 unspecified atom stereocenters. The van der Waals surface area contributed by atoms with E-state index >= 15 is 0 Å². The summed E-state index contributed by atoms with van der Waals surface area (Å²) in [4.78, 5) is 0. The van der Waals surface area contributed by atoms with Gasteiger partial charge in [0.05, 0.1) is 6.21 Å². The molecule has 0 aliphatic heterocycles. The van der Waals surface area contributed by atoms with Gasteiger partial charge in [0.15, 0.2) is 0 Å². The fraction of sp³-hybridized carbons (Fsp3) is 0.118. The smallest absolute Gasteiger partial charge is 0.216 e. The molecule has 3 rings (SSSR count). The zero-order valence-corrected chi connectivity index (χ0v) is 13.8. The van der Waals surface area contributed by atoms with Crippen LogP contribution >= 0.6 is 12.2 Å². The quantitative estimate of drug-likeness (QED) is 0.566. The Hall–Kier alpha value is -2.80. The molecule has 0 saturated heterocycles. The molecule has 0 aliphatic rings. The lowest BCUT2D eigenvalue weighted by molar-refractivity contribution is 0.299. The molecule has 0 radical (unpaired) electrons. The van der Waals surface area contributed by atoms with Crippen molar-refractivity contribution in [2.45, 2.75) is 13.5 Å². The zero-order valence-electron chi connectivity index (χ0n) is 12.9. The number of para-hydroxylation sites is 1. The molecule has 7 heteroatoms. The van der Waals surface area contributed by atoms with Gasteiger partial charge < -0.3 is 4.74 Å². The van der Waals surface area contributed by atoms with Crippen molar-refractivity contribution in [1.29, 1.82) is 0 Å². The lowest BCUT2D eigenvalue weighted by atomic mass is 10.2. The number of aromatic nitrogens is 3. The molecule has 0 amide bonds. The van der Waals surface area contributed by atoms with Gasteiger partial charge in [-0.25, -0.2) is 4.39 Å². The predicted molar refractivity (Wildman–Crippen MR) is 92.3 cm³/mol. The van der Waals surface area contributed by atoms with E-state index in [9.17, 15) is 4.39 Å². The molecule has 5 nitrogen and oxygen atoms in total. The van der Waals surface area contributed by atoms with E-state index in [1.165, 1.54) is 10.7 Å². The average molecular weight is 342 g/mol. The molecule has 0 atom stereocenters. The van der Waals surface area contributed by atoms with Gasteiger partial charge in [0, 0.05) is 11.1 Å². The first-order valence-corrected chi connectivity index (χ1v) is 7.69. The minimum absolute atomic E-state index is 0.141. The van der Waals surface area contributed by atoms with Crippen molar-refractivity contribution < 1.29 is 9.13 Å². The molecule has 24 heavy (non-hydrogen) atoms. The summed E-state index contributed by atoms with van der Waals surface area (Å²) >= 11 is 5.11. The summed E-state index contributed by atoms with van der Waals surface area (Å²) in [5.41, 5.74) is 1.26. The number of nitrogens with zero attached hydrogens (tertiary/aromatic N) is 3. The third-order valence-electron chi connectivity index (χ3n) is 3.38. The lowest BCUT2D eigenvalue weighted by Gasteiger charge is -2.09. The standard InChI is InChI=1S/C17H15FN4OS/c1-12-20-21-17(24)22(12)19-10-13-6-3-5-9-16(13)23-11-14-7-2-4-8-15(14)18/h2-10H,11H2,1H3,(H,21,24)/b19-10+. The number of aromatic amines is 1. The number of ether oxygens (including phenoxy) is 1. The van der Waals surface area contributed by atoms with Gasteiger partial charge in [0.2, 0.25) is 4.77 Å². The monoisotopic (exact) mass is 342 g/mol. The van der Waals surface area contributed by atoms with Crippen molar-refractivity contribution in [3.63, 3.8) is 0 Å². The highest BCUT2D eigenvalue weighted by Gasteiger charge is 2.05. The van der Waals surface area contributed by atoms with Crippen molar-refractivity contribution >= 4 is 18.4 Å². The Morgan fingerprint density at radius 3 is 2.75 bits per heavy atom. The highest BCUT2D eigenvalue weighted by atomic mass is 32.1. The van der Waals surface area contributed by atoms with Gasteiger partial charge in [0.1, 0.15) is 24.0 Å². The summed E-state index contributed by atoms with van der Waals surface area (Å²) in [6.45, 7) is 1.94. The summed E-state index contributed by atoms with van der Waals surface area (Å²) in [5.74, 6) is 0.974. The van der Waals surface area contributed by atoms with E-state index in [1.807, 2.05) is 24.3 Å². The van der Waals surface area contributed by atoms with E-state index in [0.29, 0.717) is 21.9 Å². The largest absolute Gasteiger partial charge is 0.488 e. The Balaban J connectivity index is 1.81. The molecule has 1 N–H and O–H groups in total. The zero-order chi connectivity index (χ0) is 16.9. The summed E-state index contributed by atoms with van der Waals surface area (Å²) in [5, 5.41) is 11.0. The first-order chi connectivity index (χ1) is 11.6. The minimum Gasteiger partial charge on any atom is -0.488 e. The van der Waals surface area contributed by atoms with Crippen LogP contribution in [-0.4, -0.2) is 21.1 Å². The van der Waals surface area contributed by atoms with Crippen LogP contribution in [0, 0.1) is 17.5 Å². The molecule has 1 heterocycles. The summed E-state index contributed by atoms with van der Waals surface area (Å²) in [7, 11) is 0. The predicted octanol–water partition coefficient (Wildman–Crippen LogP) is 3.85. The van der Waals surface area contributed by atoms with Gasteiger partial charge in [-0.05, 0) is 37.3 Å². The van der Waals surface area contributed by atoms with Gasteiger partial charge in [-0.15, -0.1) is 0 Å². The fourth-order valence-electron chi connectivity index (χ4n) is 2.12. The van der Waals surface area contributed by atoms with Gasteiger partial charge in [-0.3, -0.25) is 5.10 Å². The number of nitrogens with one attached hydrogen (secondary N) is 1. The number of hydrogen-bond donors (Lipinski definition) is 1. The Bertz CT molecular complexity index is 932. The van der Waals surface area contributed by atoms with Crippen LogP contribution in [-0.2, 0) is 6.61 Å². The van der Waals surface area contributed by atoms with E-state index in [0.717, 1.165) is 5.56 Å². The number of halogens is 1. The molecular formula is C17H15FN4OS. The third kappa shape index (κ3) is 3.57. The van der Waals surface area contributed by atoms with Gasteiger partial charge in [0.25, 0.3) is 0 Å². The van der Waals surface area contributed by atoms with Crippen LogP contribution in [0.2, 0.25) is 0 Å². The van der Waals surface area contributed by atoms with Crippen LogP contribution < -0.4 is 4.74 Å². The van der Waals surface area contributed by atoms with Crippen molar-refractivity contribution in [3.05, 3.63) is 76.1 Å². The van der Waals surface area contributed by atoms with Crippen LogP contribution in [0.5, 0.6) is 5.75 Å². The van der Waals surface area contributed by atoms with E-state index in [4.69, 9.17) is 17.0 Å². The topological polar surface area (TPSA) is 55.2 Å². The molecule has 0 aliphatic carbocycles. The van der Waals surface area contributed by atoms with E-state index < -0.39 is 0 Å². The van der Waals surface area contributed by atoms with Crippen LogP contribution in [0.4, 0.5) is 4.39 Å². The Morgan fingerprint density at radius 2 is 2.00 bits per heavy atom. The summed E-state index contributed by atoms with van der Waals surface area (Å²) < 4.78 is 21.4. The number of rotatable bonds is 5. The molecular weight excluding hydrogens is 327 g/mol. The highest BCUT2D eigenvalue weighted by molar-refractivity contribution is 7.71. The van der Waals surface area contributed by atoms with Crippen molar-refractivity contribution in [1.82, 2.24) is 14.9 Å². The molecule has 0 bridgehead atoms. The number of aryl methyl sites for hydroxylation is 1. The molecule has 0 fully saturated rings. The van der Waals surface area contributed by atoms with Crippen LogP contribution in [0.15, 0.2) is 53.6 Å². The maximum absolute atomic E-state index is 13.7. The molecule has 0 saturated carbocycles. The van der Waals surface area contributed by atoms with Crippen LogP contribution in [0.25, 0.3) is 0 Å². The highest BCUT2D eigenvalue weighted by Crippen LogP contribution is 2.18. The molecule has 122 valence electrons. The van der Waals surface area contributed by atoms with E-state index in [2.05, 4.69) is 15.3 Å². The maximum Gasteiger partial charge on any atom is 0.216 e. The molecule has 3 aromatic rings. The number of benzene rings is 2. The van der Waals surface area contributed by atoms with Crippen molar-refractivity contribution in [2.75, 3.05) is 0 Å². The first kappa shape index (κ1) is 16.1. The molecule has 0 spiro atoms. The molecule has 1 aromatic heterocycles. The molecule has 2 aromatic carbocycles. The fourth-order valence-corrected chi connectivity index (χ4v) is 2.34. The Labute approximate surface area is 143 Å². The van der Waals surface area contributed by atoms with Crippen LogP contribution in [0.1, 0.15) is 17.0 Å². The lowest BCUT2D eigenvalue weighted by Crippen LogP contribution is -2.01. The minimum atomic E-state index is -0.288. The van der Waals surface area contributed by atoms with Gasteiger partial charge in [-0.2, -0.15) is 14.9 Å². The Kier molecular flexibility index (Phi) is 4.81. The first-order valence-electron chi connectivity index (χ1n) is 7.29. The third-order valence-corrected chi connectivity index (χ3v) is 3.65. The normalized spacial score (nSPS) is 11.1. The number of H-pyrrole nitrogens is 1.